The molecule has 0 aliphatic carbocycles. The summed E-state index contributed by atoms with van der Waals surface area (Å²) in [4.78, 5) is 12.1. The third-order valence-electron chi connectivity index (χ3n) is 2.65. The summed E-state index contributed by atoms with van der Waals surface area (Å²) in [5.74, 6) is -0.0738. The highest BCUT2D eigenvalue weighted by Gasteiger charge is 2.20. The largest absolute Gasteiger partial charge is 0.374 e. The van der Waals surface area contributed by atoms with Gasteiger partial charge in [-0.05, 0) is 49.7 Å². The number of carbonyl (C=O) groups is 1. The van der Waals surface area contributed by atoms with Gasteiger partial charge in [0, 0.05) is 30.4 Å². The summed E-state index contributed by atoms with van der Waals surface area (Å²) in [5.41, 5.74) is 0.322. The highest BCUT2D eigenvalue weighted by atomic mass is 79.9. The van der Waals surface area contributed by atoms with Crippen LogP contribution in [0, 0.1) is 0 Å². The Morgan fingerprint density at radius 1 is 1.50 bits per heavy atom. The van der Waals surface area contributed by atoms with Gasteiger partial charge in [-0.2, -0.15) is 0 Å². The topological polar surface area (TPSA) is 43.3 Å². The molecule has 0 atom stereocenters. The van der Waals surface area contributed by atoms with E-state index in [1.54, 1.807) is 0 Å². The Kier molecular flexibility index (Phi) is 5.41. The molecule has 1 N–H and O–H groups in total. The molecular weight excluding hydrogens is 296 g/mol. The molecule has 0 saturated heterocycles. The molecule has 0 spiro atoms. The van der Waals surface area contributed by atoms with Gasteiger partial charge < -0.3 is 14.6 Å². The van der Waals surface area contributed by atoms with Crippen LogP contribution in [0.5, 0.6) is 0 Å². The van der Waals surface area contributed by atoms with E-state index in [0.29, 0.717) is 18.8 Å². The summed E-state index contributed by atoms with van der Waals surface area (Å²) in [7, 11) is 0. The van der Waals surface area contributed by atoms with Crippen LogP contribution in [-0.4, -0.2) is 29.2 Å². The van der Waals surface area contributed by atoms with Crippen molar-refractivity contribution in [3.8, 4) is 0 Å². The molecule has 1 aromatic rings. The molecule has 1 heterocycles. The Balaban J connectivity index is 2.65. The molecule has 1 amide bonds. The van der Waals surface area contributed by atoms with Crippen molar-refractivity contribution in [3.05, 3.63) is 22.4 Å². The number of amides is 1. The molecule has 1 aromatic heterocycles. The molecule has 0 radical (unpaired) electrons. The number of aromatic nitrogens is 1. The number of nitrogens with zero attached hydrogens (tertiary/aromatic N) is 1. The SMILES string of the molecule is CCOC(C)(C)CNC(=O)c1cc(Br)cn1CC. The van der Waals surface area contributed by atoms with Crippen molar-refractivity contribution in [3.63, 3.8) is 0 Å². The zero-order valence-electron chi connectivity index (χ0n) is 11.4. The summed E-state index contributed by atoms with van der Waals surface area (Å²) >= 11 is 3.38. The number of halogens is 1. The van der Waals surface area contributed by atoms with E-state index in [1.165, 1.54) is 0 Å². The van der Waals surface area contributed by atoms with Crippen LogP contribution in [0.25, 0.3) is 0 Å². The monoisotopic (exact) mass is 316 g/mol. The predicted octanol–water partition coefficient (Wildman–Crippen LogP) is 2.82. The second-order valence-electron chi connectivity index (χ2n) is 4.70. The van der Waals surface area contributed by atoms with Gasteiger partial charge in [0.15, 0.2) is 0 Å². The highest BCUT2D eigenvalue weighted by molar-refractivity contribution is 9.10. The van der Waals surface area contributed by atoms with Crippen molar-refractivity contribution in [2.75, 3.05) is 13.2 Å². The lowest BCUT2D eigenvalue weighted by atomic mass is 10.1. The van der Waals surface area contributed by atoms with Gasteiger partial charge in [0.25, 0.3) is 5.91 Å². The van der Waals surface area contributed by atoms with Gasteiger partial charge in [-0.1, -0.05) is 0 Å². The van der Waals surface area contributed by atoms with Crippen LogP contribution in [0.15, 0.2) is 16.7 Å². The zero-order valence-corrected chi connectivity index (χ0v) is 13.0. The molecule has 0 bridgehead atoms. The Bertz CT molecular complexity index is 413. The molecule has 102 valence electrons. The second kappa shape index (κ2) is 6.38. The fraction of sp³-hybridized carbons (Fsp3) is 0.615. The number of hydrogen-bond acceptors (Lipinski definition) is 2. The van der Waals surface area contributed by atoms with Gasteiger partial charge in [0.2, 0.25) is 0 Å². The van der Waals surface area contributed by atoms with Crippen LogP contribution in [-0.2, 0) is 11.3 Å². The maximum atomic E-state index is 12.1. The van der Waals surface area contributed by atoms with E-state index >= 15 is 0 Å². The van der Waals surface area contributed by atoms with Crippen LogP contribution < -0.4 is 5.32 Å². The molecule has 18 heavy (non-hydrogen) atoms. The van der Waals surface area contributed by atoms with Gasteiger partial charge in [0.1, 0.15) is 5.69 Å². The van der Waals surface area contributed by atoms with Gasteiger partial charge in [-0.25, -0.2) is 0 Å². The maximum Gasteiger partial charge on any atom is 0.268 e. The van der Waals surface area contributed by atoms with Crippen LogP contribution in [0.1, 0.15) is 38.2 Å². The first-order valence-electron chi connectivity index (χ1n) is 6.17. The summed E-state index contributed by atoms with van der Waals surface area (Å²) in [6, 6.07) is 1.83. The fourth-order valence-corrected chi connectivity index (χ4v) is 2.22. The van der Waals surface area contributed by atoms with E-state index < -0.39 is 0 Å². The maximum absolute atomic E-state index is 12.1. The van der Waals surface area contributed by atoms with Crippen molar-refractivity contribution >= 4 is 21.8 Å². The van der Waals surface area contributed by atoms with Crippen LogP contribution in [0.4, 0.5) is 0 Å². The van der Waals surface area contributed by atoms with Crippen molar-refractivity contribution in [2.24, 2.45) is 0 Å². The minimum absolute atomic E-state index is 0.0738. The lowest BCUT2D eigenvalue weighted by molar-refractivity contribution is -0.00821. The highest BCUT2D eigenvalue weighted by Crippen LogP contribution is 2.15. The van der Waals surface area contributed by atoms with E-state index in [9.17, 15) is 4.79 Å². The molecule has 0 fully saturated rings. The Morgan fingerprint density at radius 3 is 2.72 bits per heavy atom. The Labute approximate surface area is 117 Å². The summed E-state index contributed by atoms with van der Waals surface area (Å²) < 4.78 is 8.37. The van der Waals surface area contributed by atoms with E-state index in [-0.39, 0.29) is 11.5 Å². The third-order valence-corrected chi connectivity index (χ3v) is 3.08. The first-order valence-corrected chi connectivity index (χ1v) is 6.96. The molecule has 0 aliphatic rings. The van der Waals surface area contributed by atoms with E-state index in [2.05, 4.69) is 21.2 Å². The lowest BCUT2D eigenvalue weighted by Gasteiger charge is -2.24. The molecule has 0 aliphatic heterocycles. The minimum atomic E-state index is -0.342. The first-order chi connectivity index (χ1) is 8.39. The number of carbonyl (C=O) groups excluding carboxylic acids is 1. The van der Waals surface area contributed by atoms with Crippen molar-refractivity contribution in [2.45, 2.75) is 39.8 Å². The van der Waals surface area contributed by atoms with Crippen molar-refractivity contribution < 1.29 is 9.53 Å². The van der Waals surface area contributed by atoms with Crippen LogP contribution >= 0.6 is 15.9 Å². The fourth-order valence-electron chi connectivity index (χ4n) is 1.75. The van der Waals surface area contributed by atoms with Crippen molar-refractivity contribution in [1.29, 1.82) is 0 Å². The standard InChI is InChI=1S/C13H21BrN2O2/c1-5-16-8-10(14)7-11(16)12(17)15-9-13(3,4)18-6-2/h7-8H,5-6,9H2,1-4H3,(H,15,17). The Morgan fingerprint density at radius 2 is 2.17 bits per heavy atom. The van der Waals surface area contributed by atoms with E-state index in [4.69, 9.17) is 4.74 Å². The molecule has 0 unspecified atom stereocenters. The normalized spacial score (nSPS) is 11.6. The number of ether oxygens (including phenoxy) is 1. The number of hydrogen-bond donors (Lipinski definition) is 1. The number of aryl methyl sites for hydroxylation is 1. The zero-order chi connectivity index (χ0) is 13.8. The Hall–Kier alpha value is -0.810. The molecule has 4 nitrogen and oxygen atoms in total. The van der Waals surface area contributed by atoms with Gasteiger partial charge in [-0.3, -0.25) is 4.79 Å². The molecule has 0 saturated carbocycles. The molecular formula is C13H21BrN2O2. The first kappa shape index (κ1) is 15.2. The molecule has 0 aromatic carbocycles. The third kappa shape index (κ3) is 4.14. The summed E-state index contributed by atoms with van der Waals surface area (Å²) in [6.07, 6.45) is 1.91. The second-order valence-corrected chi connectivity index (χ2v) is 5.62. The van der Waals surface area contributed by atoms with E-state index in [1.807, 2.05) is 44.5 Å². The minimum Gasteiger partial charge on any atom is -0.374 e. The van der Waals surface area contributed by atoms with Gasteiger partial charge in [-0.15, -0.1) is 0 Å². The van der Waals surface area contributed by atoms with Crippen LogP contribution in [0.3, 0.4) is 0 Å². The smallest absolute Gasteiger partial charge is 0.268 e. The summed E-state index contributed by atoms with van der Waals surface area (Å²) in [5, 5.41) is 2.91. The van der Waals surface area contributed by atoms with Crippen LogP contribution in [0.2, 0.25) is 0 Å². The summed E-state index contributed by atoms with van der Waals surface area (Å²) in [6.45, 7) is 9.78. The predicted molar refractivity (Wildman–Crippen MR) is 75.8 cm³/mol. The van der Waals surface area contributed by atoms with Crippen molar-refractivity contribution in [1.82, 2.24) is 9.88 Å². The average molecular weight is 317 g/mol. The quantitative estimate of drug-likeness (QED) is 0.877. The lowest BCUT2D eigenvalue weighted by Crippen LogP contribution is -2.41. The molecule has 5 heteroatoms. The van der Waals surface area contributed by atoms with E-state index in [0.717, 1.165) is 11.0 Å². The van der Waals surface area contributed by atoms with Gasteiger partial charge >= 0.3 is 0 Å². The number of nitrogens with one attached hydrogen (secondary N) is 1. The number of rotatable bonds is 6. The molecule has 1 rings (SSSR count). The van der Waals surface area contributed by atoms with Gasteiger partial charge in [0.05, 0.1) is 5.60 Å². The average Bonchev–Trinajstić information content (AvgIpc) is 2.67.